The summed E-state index contributed by atoms with van der Waals surface area (Å²) in [6.45, 7) is 2.90. The first kappa shape index (κ1) is 21.6. The van der Waals surface area contributed by atoms with E-state index < -0.39 is 0 Å². The Bertz CT molecular complexity index is 1440. The third-order valence-electron chi connectivity index (χ3n) is 5.78. The molecule has 0 saturated carbocycles. The molecule has 0 amide bonds. The molecule has 172 valence electrons. The first-order valence-electron chi connectivity index (χ1n) is 10.9. The lowest BCUT2D eigenvalue weighted by molar-refractivity contribution is 0.103. The summed E-state index contributed by atoms with van der Waals surface area (Å²) in [7, 11) is 1.61. The maximum atomic E-state index is 13.5. The Morgan fingerprint density at radius 1 is 1.03 bits per heavy atom. The van der Waals surface area contributed by atoms with Crippen molar-refractivity contribution in [3.63, 3.8) is 0 Å². The van der Waals surface area contributed by atoms with Gasteiger partial charge in [-0.25, -0.2) is 0 Å². The summed E-state index contributed by atoms with van der Waals surface area (Å²) in [6, 6.07) is 17.8. The van der Waals surface area contributed by atoms with Crippen molar-refractivity contribution in [3.05, 3.63) is 93.8 Å². The summed E-state index contributed by atoms with van der Waals surface area (Å²) < 4.78 is 23.9. The van der Waals surface area contributed by atoms with Gasteiger partial charge in [-0.3, -0.25) is 9.59 Å². The lowest BCUT2D eigenvalue weighted by atomic mass is 10.0. The fourth-order valence-electron chi connectivity index (χ4n) is 4.11. The van der Waals surface area contributed by atoms with Crippen molar-refractivity contribution in [3.8, 4) is 23.0 Å². The Hall–Kier alpha value is -4.26. The molecular weight excluding hydrogens is 434 g/mol. The van der Waals surface area contributed by atoms with Crippen LogP contribution in [-0.2, 0) is 6.54 Å². The SMILES string of the molecule is CCOc1ccc(C(=O)c2cn(Cc3ccccc3OC)c3cc4c(cc3c2=O)OCO4)cc1. The van der Waals surface area contributed by atoms with Crippen molar-refractivity contribution < 1.29 is 23.7 Å². The van der Waals surface area contributed by atoms with Gasteiger partial charge in [0.05, 0.1) is 36.7 Å². The van der Waals surface area contributed by atoms with Crippen LogP contribution >= 0.6 is 0 Å². The van der Waals surface area contributed by atoms with Gasteiger partial charge >= 0.3 is 0 Å². The molecule has 0 aliphatic carbocycles. The van der Waals surface area contributed by atoms with Gasteiger partial charge in [0.15, 0.2) is 17.3 Å². The minimum absolute atomic E-state index is 0.0745. The van der Waals surface area contributed by atoms with Crippen molar-refractivity contribution in [2.45, 2.75) is 13.5 Å². The van der Waals surface area contributed by atoms with Crippen LogP contribution in [0.1, 0.15) is 28.4 Å². The zero-order valence-electron chi connectivity index (χ0n) is 18.9. The van der Waals surface area contributed by atoms with E-state index in [1.165, 1.54) is 0 Å². The number of fused-ring (bicyclic) bond motifs is 2. The molecule has 5 rings (SSSR count). The summed E-state index contributed by atoms with van der Waals surface area (Å²) in [6.07, 6.45) is 1.61. The van der Waals surface area contributed by atoms with Crippen LogP contribution in [0.5, 0.6) is 23.0 Å². The minimum atomic E-state index is -0.360. The van der Waals surface area contributed by atoms with Crippen LogP contribution < -0.4 is 24.4 Å². The van der Waals surface area contributed by atoms with E-state index in [4.69, 9.17) is 18.9 Å². The van der Waals surface area contributed by atoms with Crippen LogP contribution in [0.3, 0.4) is 0 Å². The highest BCUT2D eigenvalue weighted by Gasteiger charge is 2.22. The molecule has 0 fully saturated rings. The number of hydrogen-bond donors (Lipinski definition) is 0. The van der Waals surface area contributed by atoms with Crippen LogP contribution in [-0.4, -0.2) is 30.9 Å². The molecule has 1 aliphatic heterocycles. The Labute approximate surface area is 196 Å². The van der Waals surface area contributed by atoms with E-state index in [2.05, 4.69) is 0 Å². The van der Waals surface area contributed by atoms with Crippen molar-refractivity contribution in [2.24, 2.45) is 0 Å². The number of carbonyl (C=O) groups is 1. The van der Waals surface area contributed by atoms with Crippen molar-refractivity contribution in [2.75, 3.05) is 20.5 Å². The van der Waals surface area contributed by atoms with Crippen LogP contribution in [0.15, 0.2) is 71.7 Å². The van der Waals surface area contributed by atoms with Gasteiger partial charge in [-0.2, -0.15) is 0 Å². The first-order chi connectivity index (χ1) is 16.6. The molecule has 0 radical (unpaired) electrons. The number of hydrogen-bond acceptors (Lipinski definition) is 6. The number of methoxy groups -OCH3 is 1. The number of para-hydroxylation sites is 1. The van der Waals surface area contributed by atoms with E-state index >= 15 is 0 Å². The van der Waals surface area contributed by atoms with Crippen molar-refractivity contribution in [1.82, 2.24) is 4.57 Å². The number of pyridine rings is 1. The molecule has 0 bridgehead atoms. The number of carbonyl (C=O) groups excluding carboxylic acids is 1. The lowest BCUT2D eigenvalue weighted by Crippen LogP contribution is -2.20. The molecule has 0 saturated heterocycles. The van der Waals surface area contributed by atoms with Gasteiger partial charge in [0.1, 0.15) is 11.5 Å². The topological polar surface area (TPSA) is 76.0 Å². The lowest BCUT2D eigenvalue weighted by Gasteiger charge is -2.16. The number of nitrogens with zero attached hydrogens (tertiary/aromatic N) is 1. The van der Waals surface area contributed by atoms with Crippen LogP contribution in [0.25, 0.3) is 10.9 Å². The second-order valence-electron chi connectivity index (χ2n) is 7.82. The van der Waals surface area contributed by atoms with Gasteiger partial charge in [-0.1, -0.05) is 18.2 Å². The highest BCUT2D eigenvalue weighted by Crippen LogP contribution is 2.35. The summed E-state index contributed by atoms with van der Waals surface area (Å²) in [5.41, 5.74) is 1.67. The second-order valence-corrected chi connectivity index (χ2v) is 7.82. The largest absolute Gasteiger partial charge is 0.496 e. The van der Waals surface area contributed by atoms with Gasteiger partial charge in [-0.05, 0) is 43.3 Å². The Morgan fingerprint density at radius 3 is 2.50 bits per heavy atom. The number of ether oxygens (including phenoxy) is 4. The molecule has 0 atom stereocenters. The van der Waals surface area contributed by atoms with Gasteiger partial charge < -0.3 is 23.5 Å². The summed E-state index contributed by atoms with van der Waals surface area (Å²) in [5.74, 6) is 2.07. The molecule has 7 heteroatoms. The number of benzene rings is 3. The van der Waals surface area contributed by atoms with E-state index in [0.29, 0.717) is 46.9 Å². The van der Waals surface area contributed by atoms with Crippen LogP contribution in [0.4, 0.5) is 0 Å². The summed E-state index contributed by atoms with van der Waals surface area (Å²) in [5, 5.41) is 0.385. The van der Waals surface area contributed by atoms with E-state index in [0.717, 1.165) is 11.3 Å². The number of ketones is 1. The highest BCUT2D eigenvalue weighted by molar-refractivity contribution is 6.10. The van der Waals surface area contributed by atoms with E-state index in [-0.39, 0.29) is 23.6 Å². The van der Waals surface area contributed by atoms with Crippen LogP contribution in [0, 0.1) is 0 Å². The molecule has 0 unspecified atom stereocenters. The highest BCUT2D eigenvalue weighted by atomic mass is 16.7. The van der Waals surface area contributed by atoms with Gasteiger partial charge in [0.25, 0.3) is 0 Å². The molecule has 2 heterocycles. The van der Waals surface area contributed by atoms with Crippen molar-refractivity contribution in [1.29, 1.82) is 0 Å². The third kappa shape index (κ3) is 3.85. The molecule has 34 heavy (non-hydrogen) atoms. The third-order valence-corrected chi connectivity index (χ3v) is 5.78. The molecule has 0 N–H and O–H groups in total. The smallest absolute Gasteiger partial charge is 0.231 e. The predicted octanol–water partition coefficient (Wildman–Crippen LogP) is 4.42. The zero-order valence-corrected chi connectivity index (χ0v) is 18.9. The van der Waals surface area contributed by atoms with Crippen molar-refractivity contribution >= 4 is 16.7 Å². The quantitative estimate of drug-likeness (QED) is 0.383. The minimum Gasteiger partial charge on any atom is -0.496 e. The second kappa shape index (κ2) is 8.94. The molecular formula is C27H23NO6. The molecule has 3 aromatic carbocycles. The standard InChI is InChI=1S/C27H23NO6/c1-3-32-19-10-8-17(9-11-19)26(29)21-15-28(14-18-6-4-5-7-23(18)31-2)22-13-25-24(33-16-34-25)12-20(22)27(21)30/h4-13,15H,3,14,16H2,1-2H3. The molecule has 1 aliphatic rings. The average Bonchev–Trinajstić information content (AvgIpc) is 3.33. The number of rotatable bonds is 7. The molecule has 4 aromatic rings. The van der Waals surface area contributed by atoms with Gasteiger partial charge in [0.2, 0.25) is 12.2 Å². The van der Waals surface area contributed by atoms with E-state index in [9.17, 15) is 9.59 Å². The molecule has 7 nitrogen and oxygen atoms in total. The summed E-state index contributed by atoms with van der Waals surface area (Å²) in [4.78, 5) is 26.9. The average molecular weight is 457 g/mol. The predicted molar refractivity (Wildman–Crippen MR) is 127 cm³/mol. The fraction of sp³-hybridized carbons (Fsp3) is 0.185. The van der Waals surface area contributed by atoms with E-state index in [1.54, 1.807) is 49.7 Å². The maximum absolute atomic E-state index is 13.5. The monoisotopic (exact) mass is 457 g/mol. The van der Waals surface area contributed by atoms with E-state index in [1.807, 2.05) is 35.8 Å². The maximum Gasteiger partial charge on any atom is 0.231 e. The fourth-order valence-corrected chi connectivity index (χ4v) is 4.11. The Kier molecular flexibility index (Phi) is 5.67. The Morgan fingerprint density at radius 2 is 1.76 bits per heavy atom. The van der Waals surface area contributed by atoms with Gasteiger partial charge in [0, 0.05) is 23.4 Å². The Balaban J connectivity index is 1.66. The summed E-state index contributed by atoms with van der Waals surface area (Å²) >= 11 is 0. The normalized spacial score (nSPS) is 12.1. The first-order valence-corrected chi connectivity index (χ1v) is 10.9. The molecule has 1 aromatic heterocycles. The molecule has 0 spiro atoms. The van der Waals surface area contributed by atoms with Gasteiger partial charge in [-0.15, -0.1) is 0 Å². The van der Waals surface area contributed by atoms with Crippen LogP contribution in [0.2, 0.25) is 0 Å². The zero-order chi connectivity index (χ0) is 23.7. The number of aromatic nitrogens is 1.